The number of β-amino-alcohol motifs (C(OH)–C–C–N with tert-alkyl or cyclic N) is 1. The number of aliphatic hydroxyl groups is 1. The van der Waals surface area contributed by atoms with E-state index in [0.29, 0.717) is 18.1 Å². The highest BCUT2D eigenvalue weighted by molar-refractivity contribution is 7.89. The van der Waals surface area contributed by atoms with Crippen molar-refractivity contribution in [1.82, 2.24) is 9.62 Å². The molecule has 0 amide bonds. The molecule has 0 bridgehead atoms. The molecule has 3 rings (SSSR count). The summed E-state index contributed by atoms with van der Waals surface area (Å²) in [5.74, 6) is -0.986. The molecule has 0 saturated carbocycles. The lowest BCUT2D eigenvalue weighted by Crippen LogP contribution is -2.47. The van der Waals surface area contributed by atoms with Gasteiger partial charge in [-0.3, -0.25) is 0 Å². The van der Waals surface area contributed by atoms with Gasteiger partial charge in [-0.2, -0.15) is 17.5 Å². The number of aliphatic carboxylic acids is 1. The number of aliphatic hydroxyl groups excluding tert-OH is 1. The van der Waals surface area contributed by atoms with Crippen LogP contribution in [-0.4, -0.2) is 60.7 Å². The Bertz CT molecular complexity index is 1270. The maximum Gasteiger partial charge on any atom is 0.417 e. The highest BCUT2D eigenvalue weighted by Gasteiger charge is 2.35. The van der Waals surface area contributed by atoms with Gasteiger partial charge in [0.25, 0.3) is 0 Å². The molecule has 38 heavy (non-hydrogen) atoms. The summed E-state index contributed by atoms with van der Waals surface area (Å²) < 4.78 is 67.4. The molecule has 208 valence electrons. The molecule has 0 spiro atoms. The van der Waals surface area contributed by atoms with E-state index in [1.54, 1.807) is 0 Å². The number of alkyl halides is 3. The third kappa shape index (κ3) is 7.66. The Hall–Kier alpha value is -2.73. The number of halogens is 3. The van der Waals surface area contributed by atoms with Crippen molar-refractivity contribution in [2.45, 2.75) is 55.8 Å². The van der Waals surface area contributed by atoms with Crippen molar-refractivity contribution < 1.29 is 36.6 Å². The molecular weight excluding hydrogens is 521 g/mol. The van der Waals surface area contributed by atoms with Gasteiger partial charge in [-0.15, -0.1) is 0 Å². The molecule has 0 saturated heterocycles. The zero-order chi connectivity index (χ0) is 28.3. The van der Waals surface area contributed by atoms with E-state index in [9.17, 15) is 31.5 Å². The summed E-state index contributed by atoms with van der Waals surface area (Å²) in [4.78, 5) is 10.1. The van der Waals surface area contributed by atoms with Gasteiger partial charge in [0.1, 0.15) is 0 Å². The fraction of sp³-hybridized carbons (Fsp3) is 0.444. The number of carboxylic acids is 1. The topological polar surface area (TPSA) is 107 Å². The Morgan fingerprint density at radius 1 is 1.16 bits per heavy atom. The average Bonchev–Trinajstić information content (AvgIpc) is 3.22. The average molecular weight is 555 g/mol. The van der Waals surface area contributed by atoms with E-state index >= 15 is 0 Å². The Labute approximate surface area is 221 Å². The third-order valence-electron chi connectivity index (χ3n) is 6.66. The third-order valence-corrected chi connectivity index (χ3v) is 8.48. The second-order valence-electron chi connectivity index (χ2n) is 10.4. The summed E-state index contributed by atoms with van der Waals surface area (Å²) in [6.07, 6.45) is -1.89. The van der Waals surface area contributed by atoms with E-state index in [4.69, 9.17) is 5.11 Å². The lowest BCUT2D eigenvalue weighted by Gasteiger charge is -2.31. The van der Waals surface area contributed by atoms with E-state index < -0.39 is 44.3 Å². The van der Waals surface area contributed by atoms with Crippen molar-refractivity contribution in [2.75, 3.05) is 20.1 Å². The minimum absolute atomic E-state index is 0.0965. The van der Waals surface area contributed by atoms with Crippen LogP contribution in [-0.2, 0) is 33.8 Å². The van der Waals surface area contributed by atoms with Crippen molar-refractivity contribution in [1.29, 1.82) is 0 Å². The van der Waals surface area contributed by atoms with Gasteiger partial charge in [-0.25, -0.2) is 13.2 Å². The van der Waals surface area contributed by atoms with Crippen LogP contribution in [0.15, 0.2) is 53.4 Å². The first-order valence-electron chi connectivity index (χ1n) is 12.2. The Kier molecular flexibility index (Phi) is 9.08. The minimum Gasteiger partial charge on any atom is -0.478 e. The van der Waals surface area contributed by atoms with Gasteiger partial charge < -0.3 is 15.5 Å². The number of rotatable bonds is 11. The molecule has 0 aromatic heterocycles. The quantitative estimate of drug-likeness (QED) is 0.363. The molecular formula is C27H33F3N2O5S. The number of hydrogen-bond donors (Lipinski definition) is 3. The van der Waals surface area contributed by atoms with Gasteiger partial charge in [0.05, 0.1) is 16.6 Å². The maximum atomic E-state index is 13.5. The van der Waals surface area contributed by atoms with E-state index in [0.717, 1.165) is 41.8 Å². The summed E-state index contributed by atoms with van der Waals surface area (Å²) in [6, 6.07) is 10.7. The van der Waals surface area contributed by atoms with Crippen molar-refractivity contribution in [2.24, 2.45) is 5.92 Å². The van der Waals surface area contributed by atoms with Crippen LogP contribution in [0.4, 0.5) is 13.2 Å². The van der Waals surface area contributed by atoms with Crippen LogP contribution in [0.5, 0.6) is 0 Å². The normalized spacial score (nSPS) is 15.8. The van der Waals surface area contributed by atoms with Gasteiger partial charge >= 0.3 is 12.1 Å². The highest BCUT2D eigenvalue weighted by Crippen LogP contribution is 2.35. The molecule has 0 heterocycles. The number of sulfonamides is 1. The first-order valence-corrected chi connectivity index (χ1v) is 13.6. The van der Waals surface area contributed by atoms with E-state index in [-0.39, 0.29) is 18.6 Å². The summed E-state index contributed by atoms with van der Waals surface area (Å²) in [6.45, 7) is 3.80. The van der Waals surface area contributed by atoms with Crippen LogP contribution in [0.3, 0.4) is 0 Å². The highest BCUT2D eigenvalue weighted by atomic mass is 32.2. The number of carbonyl (C=O) groups is 1. The van der Waals surface area contributed by atoms with E-state index in [2.05, 4.69) is 17.4 Å². The van der Waals surface area contributed by atoms with Crippen molar-refractivity contribution in [3.63, 3.8) is 0 Å². The van der Waals surface area contributed by atoms with Gasteiger partial charge in [-0.05, 0) is 73.9 Å². The molecule has 0 aliphatic heterocycles. The number of carboxylic acid groups (broad SMARTS) is 1. The molecule has 0 radical (unpaired) electrons. The SMILES string of the molecule is CN(C[C@H](O)CNC(C)(C)CC1Cc2ccccc2C1)S(=O)(=O)c1ccc(C=CC(=O)O)c(C(F)(F)F)c1. The standard InChI is InChI=1S/C27H33F3N2O5S/c1-26(2,15-18-12-20-6-4-5-7-21(20)13-18)31-16-22(33)17-32(3)38(36,37)23-10-8-19(9-11-25(34)35)24(14-23)27(28,29)30/h4-11,14,18,22,31,33H,12-13,15-17H2,1-3H3,(H,34,35)/t22-/m1/s1. The van der Waals surface area contributed by atoms with Crippen LogP contribution in [0, 0.1) is 5.92 Å². The second-order valence-corrected chi connectivity index (χ2v) is 12.4. The van der Waals surface area contributed by atoms with E-state index in [1.165, 1.54) is 18.2 Å². The van der Waals surface area contributed by atoms with Gasteiger partial charge in [-0.1, -0.05) is 30.3 Å². The zero-order valence-corrected chi connectivity index (χ0v) is 22.3. The largest absolute Gasteiger partial charge is 0.478 e. The van der Waals surface area contributed by atoms with Crippen LogP contribution in [0.1, 0.15) is 42.5 Å². The minimum atomic E-state index is -4.90. The fourth-order valence-corrected chi connectivity index (χ4v) is 6.10. The lowest BCUT2D eigenvalue weighted by molar-refractivity contribution is -0.138. The van der Waals surface area contributed by atoms with Gasteiger partial charge in [0, 0.05) is 31.8 Å². The number of fused-ring (bicyclic) bond motifs is 1. The maximum absolute atomic E-state index is 13.5. The first kappa shape index (κ1) is 29.8. The molecule has 0 unspecified atom stereocenters. The monoisotopic (exact) mass is 554 g/mol. The molecule has 2 aromatic carbocycles. The lowest BCUT2D eigenvalue weighted by atomic mass is 9.88. The van der Waals surface area contributed by atoms with Crippen molar-refractivity contribution in [3.8, 4) is 0 Å². The Morgan fingerprint density at radius 3 is 2.32 bits per heavy atom. The number of nitrogens with one attached hydrogen (secondary N) is 1. The van der Waals surface area contributed by atoms with Crippen LogP contribution >= 0.6 is 0 Å². The second kappa shape index (κ2) is 11.6. The Balaban J connectivity index is 1.62. The first-order chi connectivity index (χ1) is 17.6. The van der Waals surface area contributed by atoms with Crippen LogP contribution in [0.25, 0.3) is 6.08 Å². The van der Waals surface area contributed by atoms with Gasteiger partial charge in [0.15, 0.2) is 0 Å². The van der Waals surface area contributed by atoms with Gasteiger partial charge in [0.2, 0.25) is 10.0 Å². The number of benzene rings is 2. The predicted molar refractivity (Wildman–Crippen MR) is 138 cm³/mol. The van der Waals surface area contributed by atoms with E-state index in [1.807, 2.05) is 26.0 Å². The summed E-state index contributed by atoms with van der Waals surface area (Å²) in [5, 5.41) is 22.5. The number of hydrogen-bond acceptors (Lipinski definition) is 5. The summed E-state index contributed by atoms with van der Waals surface area (Å²) in [5.41, 5.74) is 0.617. The summed E-state index contributed by atoms with van der Waals surface area (Å²) in [7, 11) is -3.18. The molecule has 2 aromatic rings. The van der Waals surface area contributed by atoms with Crippen molar-refractivity contribution in [3.05, 3.63) is 70.8 Å². The number of nitrogens with zero attached hydrogens (tertiary/aromatic N) is 1. The molecule has 1 atom stereocenters. The molecule has 11 heteroatoms. The smallest absolute Gasteiger partial charge is 0.417 e. The molecule has 1 aliphatic rings. The molecule has 0 fully saturated rings. The van der Waals surface area contributed by atoms with Crippen LogP contribution < -0.4 is 5.32 Å². The van der Waals surface area contributed by atoms with Crippen LogP contribution in [0.2, 0.25) is 0 Å². The molecule has 3 N–H and O–H groups in total. The fourth-order valence-electron chi connectivity index (χ4n) is 4.87. The Morgan fingerprint density at radius 2 is 1.76 bits per heavy atom. The summed E-state index contributed by atoms with van der Waals surface area (Å²) >= 11 is 0. The van der Waals surface area contributed by atoms with Crippen molar-refractivity contribution >= 4 is 22.1 Å². The molecule has 1 aliphatic carbocycles. The predicted octanol–water partition coefficient (Wildman–Crippen LogP) is 3.96. The zero-order valence-electron chi connectivity index (χ0n) is 21.5. The number of likely N-dealkylation sites (N-methyl/N-ethyl adjacent to an activating group) is 1. The molecule has 7 nitrogen and oxygen atoms in total.